The van der Waals surface area contributed by atoms with E-state index in [2.05, 4.69) is 14.9 Å². The molecule has 3 heterocycles. The van der Waals surface area contributed by atoms with E-state index < -0.39 is 0 Å². The maximum absolute atomic E-state index is 13.1. The molecule has 2 amide bonds. The zero-order valence-corrected chi connectivity index (χ0v) is 16.9. The third-order valence-corrected chi connectivity index (χ3v) is 6.37. The van der Waals surface area contributed by atoms with Crippen LogP contribution in [0.4, 0.5) is 5.95 Å². The topological polar surface area (TPSA) is 69.6 Å². The zero-order valence-electron chi connectivity index (χ0n) is 16.9. The number of aromatic nitrogens is 2. The van der Waals surface area contributed by atoms with E-state index in [1.54, 1.807) is 11.1 Å². The molecule has 0 N–H and O–H groups in total. The first-order valence-corrected chi connectivity index (χ1v) is 10.9. The zero-order chi connectivity index (χ0) is 19.5. The molecule has 0 radical (unpaired) electrons. The fourth-order valence-electron chi connectivity index (χ4n) is 4.73. The first-order chi connectivity index (χ1) is 13.7. The van der Waals surface area contributed by atoms with Gasteiger partial charge < -0.3 is 14.7 Å². The maximum atomic E-state index is 13.1. The lowest BCUT2D eigenvalue weighted by atomic mass is 9.93. The lowest BCUT2D eigenvalue weighted by Gasteiger charge is -2.40. The van der Waals surface area contributed by atoms with Gasteiger partial charge in [0.2, 0.25) is 11.9 Å². The van der Waals surface area contributed by atoms with Gasteiger partial charge in [-0.3, -0.25) is 9.59 Å². The molecule has 2 saturated heterocycles. The molecule has 7 nitrogen and oxygen atoms in total. The second kappa shape index (κ2) is 8.45. The highest BCUT2D eigenvalue weighted by Crippen LogP contribution is 2.25. The predicted molar refractivity (Wildman–Crippen MR) is 107 cm³/mol. The maximum Gasteiger partial charge on any atom is 0.257 e. The Hall–Kier alpha value is -2.18. The molecule has 2 aliphatic heterocycles. The van der Waals surface area contributed by atoms with Gasteiger partial charge in [0, 0.05) is 38.4 Å². The van der Waals surface area contributed by atoms with Crippen LogP contribution >= 0.6 is 0 Å². The summed E-state index contributed by atoms with van der Waals surface area (Å²) in [6, 6.07) is 0.368. The molecule has 0 bridgehead atoms. The van der Waals surface area contributed by atoms with Crippen LogP contribution in [0.15, 0.2) is 6.20 Å². The van der Waals surface area contributed by atoms with Crippen LogP contribution in [0.5, 0.6) is 0 Å². The second-order valence-corrected chi connectivity index (χ2v) is 8.18. The third-order valence-electron chi connectivity index (χ3n) is 6.37. The van der Waals surface area contributed by atoms with Crippen LogP contribution in [-0.2, 0) is 11.2 Å². The number of carbonyl (C=O) groups is 2. The minimum atomic E-state index is -0.110. The number of hydrogen-bond donors (Lipinski definition) is 0. The van der Waals surface area contributed by atoms with E-state index >= 15 is 0 Å². The standard InChI is InChI=1S/C21H31N5O2/c1-2-18-17(14-22-21(23-18)24-10-6-7-11-24)20(28)25-12-13-26(19(27)15-25)16-8-4-3-5-9-16/h14,16H,2-13,15H2,1H3. The van der Waals surface area contributed by atoms with Gasteiger partial charge in [-0.25, -0.2) is 9.97 Å². The number of piperazine rings is 1. The highest BCUT2D eigenvalue weighted by atomic mass is 16.2. The van der Waals surface area contributed by atoms with E-state index in [1.807, 2.05) is 11.8 Å². The average molecular weight is 386 g/mol. The Bertz CT molecular complexity index is 726. The van der Waals surface area contributed by atoms with Crippen molar-refractivity contribution in [3.8, 4) is 0 Å². The minimum Gasteiger partial charge on any atom is -0.341 e. The summed E-state index contributed by atoms with van der Waals surface area (Å²) in [6.45, 7) is 5.38. The van der Waals surface area contributed by atoms with Crippen molar-refractivity contribution in [2.45, 2.75) is 64.3 Å². The average Bonchev–Trinajstić information content (AvgIpc) is 3.28. The van der Waals surface area contributed by atoms with Crippen LogP contribution < -0.4 is 4.90 Å². The number of carbonyl (C=O) groups excluding carboxylic acids is 2. The van der Waals surface area contributed by atoms with Crippen LogP contribution in [0.25, 0.3) is 0 Å². The Balaban J connectivity index is 1.45. The summed E-state index contributed by atoms with van der Waals surface area (Å²) in [6.07, 6.45) is 10.6. The summed E-state index contributed by atoms with van der Waals surface area (Å²) in [5, 5.41) is 0. The van der Waals surface area contributed by atoms with Gasteiger partial charge in [-0.05, 0) is 32.1 Å². The van der Waals surface area contributed by atoms with E-state index in [4.69, 9.17) is 0 Å². The molecule has 3 fully saturated rings. The van der Waals surface area contributed by atoms with Gasteiger partial charge in [-0.15, -0.1) is 0 Å². The molecular weight excluding hydrogens is 354 g/mol. The molecule has 4 rings (SSSR count). The Morgan fingerprint density at radius 2 is 1.82 bits per heavy atom. The molecule has 1 aromatic heterocycles. The molecule has 7 heteroatoms. The second-order valence-electron chi connectivity index (χ2n) is 8.18. The van der Waals surface area contributed by atoms with E-state index in [9.17, 15) is 9.59 Å². The molecular formula is C21H31N5O2. The highest BCUT2D eigenvalue weighted by molar-refractivity contribution is 5.97. The van der Waals surface area contributed by atoms with Gasteiger partial charge in [0.05, 0.1) is 11.3 Å². The fraction of sp³-hybridized carbons (Fsp3) is 0.714. The molecule has 0 atom stereocenters. The summed E-state index contributed by atoms with van der Waals surface area (Å²) in [5.41, 5.74) is 1.33. The Labute approximate surface area is 167 Å². The van der Waals surface area contributed by atoms with Crippen LogP contribution in [0.2, 0.25) is 0 Å². The molecule has 3 aliphatic rings. The Kier molecular flexibility index (Phi) is 5.78. The molecule has 0 spiro atoms. The summed E-state index contributed by atoms with van der Waals surface area (Å²) in [5.74, 6) is 0.699. The minimum absolute atomic E-state index is 0.0825. The lowest BCUT2D eigenvalue weighted by Crippen LogP contribution is -2.55. The van der Waals surface area contributed by atoms with E-state index in [-0.39, 0.29) is 18.4 Å². The van der Waals surface area contributed by atoms with Crippen molar-refractivity contribution < 1.29 is 9.59 Å². The van der Waals surface area contributed by atoms with Crippen LogP contribution in [-0.4, -0.2) is 70.3 Å². The van der Waals surface area contributed by atoms with Crippen molar-refractivity contribution in [3.63, 3.8) is 0 Å². The molecule has 1 aliphatic carbocycles. The lowest BCUT2D eigenvalue weighted by molar-refractivity contribution is -0.138. The normalized spacial score (nSPS) is 21.5. The molecule has 152 valence electrons. The monoisotopic (exact) mass is 385 g/mol. The number of nitrogens with zero attached hydrogens (tertiary/aromatic N) is 5. The van der Waals surface area contributed by atoms with Gasteiger partial charge in [-0.2, -0.15) is 0 Å². The predicted octanol–water partition coefficient (Wildman–Crippen LogP) is 2.26. The summed E-state index contributed by atoms with van der Waals surface area (Å²) in [7, 11) is 0. The van der Waals surface area contributed by atoms with Gasteiger partial charge >= 0.3 is 0 Å². The number of rotatable bonds is 4. The van der Waals surface area contributed by atoms with E-state index in [0.717, 1.165) is 37.6 Å². The molecule has 1 saturated carbocycles. The van der Waals surface area contributed by atoms with Crippen molar-refractivity contribution in [3.05, 3.63) is 17.5 Å². The first-order valence-electron chi connectivity index (χ1n) is 10.9. The SMILES string of the molecule is CCc1nc(N2CCCC2)ncc1C(=O)N1CCN(C2CCCCC2)C(=O)C1. The van der Waals surface area contributed by atoms with Gasteiger partial charge in [0.1, 0.15) is 6.54 Å². The van der Waals surface area contributed by atoms with Crippen LogP contribution in [0, 0.1) is 0 Å². The van der Waals surface area contributed by atoms with Crippen molar-refractivity contribution in [2.75, 3.05) is 37.6 Å². The number of aryl methyl sites for hydroxylation is 1. The summed E-state index contributed by atoms with van der Waals surface area (Å²) >= 11 is 0. The van der Waals surface area contributed by atoms with E-state index in [0.29, 0.717) is 31.1 Å². The Morgan fingerprint density at radius 1 is 1.07 bits per heavy atom. The van der Waals surface area contributed by atoms with Gasteiger partial charge in [-0.1, -0.05) is 26.2 Å². The number of anilines is 1. The largest absolute Gasteiger partial charge is 0.341 e. The van der Waals surface area contributed by atoms with Crippen LogP contribution in [0.3, 0.4) is 0 Å². The fourth-order valence-corrected chi connectivity index (χ4v) is 4.73. The Morgan fingerprint density at radius 3 is 2.50 bits per heavy atom. The van der Waals surface area contributed by atoms with Crippen molar-refractivity contribution in [1.82, 2.24) is 19.8 Å². The van der Waals surface area contributed by atoms with Crippen molar-refractivity contribution in [2.24, 2.45) is 0 Å². The summed E-state index contributed by atoms with van der Waals surface area (Å²) < 4.78 is 0. The highest BCUT2D eigenvalue weighted by Gasteiger charge is 2.33. The molecule has 28 heavy (non-hydrogen) atoms. The quantitative estimate of drug-likeness (QED) is 0.795. The van der Waals surface area contributed by atoms with Gasteiger partial charge in [0.25, 0.3) is 5.91 Å². The smallest absolute Gasteiger partial charge is 0.257 e. The first kappa shape index (κ1) is 19.2. The number of hydrogen-bond acceptors (Lipinski definition) is 5. The molecule has 0 aromatic carbocycles. The number of amides is 2. The van der Waals surface area contributed by atoms with Crippen molar-refractivity contribution in [1.29, 1.82) is 0 Å². The van der Waals surface area contributed by atoms with Crippen LogP contribution in [0.1, 0.15) is 67.9 Å². The third kappa shape index (κ3) is 3.84. The van der Waals surface area contributed by atoms with Crippen molar-refractivity contribution >= 4 is 17.8 Å². The molecule has 1 aromatic rings. The molecule has 0 unspecified atom stereocenters. The summed E-state index contributed by atoms with van der Waals surface area (Å²) in [4.78, 5) is 40.8. The van der Waals surface area contributed by atoms with E-state index in [1.165, 1.54) is 32.1 Å². The van der Waals surface area contributed by atoms with Gasteiger partial charge in [0.15, 0.2) is 0 Å².